The first-order valence-corrected chi connectivity index (χ1v) is 6.52. The Balaban J connectivity index is 2.37. The number of hydrogen-bond acceptors (Lipinski definition) is 3. The third-order valence-corrected chi connectivity index (χ3v) is 2.83. The summed E-state index contributed by atoms with van der Waals surface area (Å²) in [6, 6.07) is 1.89. The number of ether oxygens (including phenoxy) is 1. The first kappa shape index (κ1) is 13.8. The van der Waals surface area contributed by atoms with Gasteiger partial charge in [-0.05, 0) is 32.8 Å². The lowest BCUT2D eigenvalue weighted by molar-refractivity contribution is 0.197. The normalized spacial score (nSPS) is 12.4. The molecule has 0 amide bonds. The minimum absolute atomic E-state index is 0.224. The number of pyridine rings is 1. The number of rotatable bonds is 7. The Morgan fingerprint density at radius 3 is 2.76 bits per heavy atom. The van der Waals surface area contributed by atoms with Crippen LogP contribution in [0.4, 0.5) is 5.69 Å². The lowest BCUT2D eigenvalue weighted by Crippen LogP contribution is -2.13. The molecule has 0 bridgehead atoms. The van der Waals surface area contributed by atoms with Crippen molar-refractivity contribution < 1.29 is 4.74 Å². The van der Waals surface area contributed by atoms with Gasteiger partial charge in [-0.25, -0.2) is 4.98 Å². The molecule has 3 heteroatoms. The van der Waals surface area contributed by atoms with E-state index in [1.165, 1.54) is 25.7 Å². The summed E-state index contributed by atoms with van der Waals surface area (Å²) >= 11 is 0. The Kier molecular flexibility index (Phi) is 5.81. The number of anilines is 1. The third kappa shape index (κ3) is 5.07. The number of nitrogen functional groups attached to an aromatic ring is 1. The van der Waals surface area contributed by atoms with Crippen molar-refractivity contribution in [1.82, 2.24) is 4.98 Å². The molecule has 0 aliphatic rings. The van der Waals surface area contributed by atoms with Crippen LogP contribution in [0.1, 0.15) is 51.5 Å². The van der Waals surface area contributed by atoms with Crippen LogP contribution in [0.5, 0.6) is 5.88 Å². The van der Waals surface area contributed by atoms with Gasteiger partial charge in [0.25, 0.3) is 0 Å². The molecule has 1 aromatic rings. The average Bonchev–Trinajstić information content (AvgIpc) is 2.28. The maximum Gasteiger partial charge on any atom is 0.216 e. The van der Waals surface area contributed by atoms with Crippen LogP contribution >= 0.6 is 0 Å². The quantitative estimate of drug-likeness (QED) is 0.734. The van der Waals surface area contributed by atoms with E-state index >= 15 is 0 Å². The molecule has 0 fully saturated rings. The van der Waals surface area contributed by atoms with Crippen LogP contribution in [0, 0.1) is 6.92 Å². The van der Waals surface area contributed by atoms with Gasteiger partial charge in [-0.1, -0.05) is 26.2 Å². The molecular formula is C14H24N2O. The van der Waals surface area contributed by atoms with Crippen LogP contribution in [0.2, 0.25) is 0 Å². The van der Waals surface area contributed by atoms with Crippen LogP contribution < -0.4 is 10.5 Å². The fourth-order valence-electron chi connectivity index (χ4n) is 1.82. The summed E-state index contributed by atoms with van der Waals surface area (Å²) < 4.78 is 5.81. The topological polar surface area (TPSA) is 48.1 Å². The summed E-state index contributed by atoms with van der Waals surface area (Å²) in [6.07, 6.45) is 8.06. The lowest BCUT2D eigenvalue weighted by atomic mass is 10.1. The Bertz CT molecular complexity index is 339. The first-order chi connectivity index (χ1) is 8.13. The third-order valence-electron chi connectivity index (χ3n) is 2.83. The van der Waals surface area contributed by atoms with Gasteiger partial charge in [0.15, 0.2) is 0 Å². The molecule has 1 heterocycles. The van der Waals surface area contributed by atoms with Crippen LogP contribution in [-0.4, -0.2) is 11.1 Å². The number of nitrogens with zero attached hydrogens (tertiary/aromatic N) is 1. The molecule has 0 saturated carbocycles. The molecule has 1 atom stereocenters. The number of aromatic nitrogens is 1. The fraction of sp³-hybridized carbons (Fsp3) is 0.643. The SMILES string of the molecule is CCCCCCC(C)Oc1ncc(N)cc1C. The van der Waals surface area contributed by atoms with Crippen LogP contribution in [0.25, 0.3) is 0 Å². The van der Waals surface area contributed by atoms with E-state index < -0.39 is 0 Å². The van der Waals surface area contributed by atoms with Gasteiger partial charge in [0.2, 0.25) is 5.88 Å². The maximum atomic E-state index is 5.81. The molecule has 1 aromatic heterocycles. The Labute approximate surface area is 104 Å². The zero-order valence-corrected chi connectivity index (χ0v) is 11.2. The summed E-state index contributed by atoms with van der Waals surface area (Å²) in [7, 11) is 0. The lowest BCUT2D eigenvalue weighted by Gasteiger charge is -2.15. The highest BCUT2D eigenvalue weighted by Gasteiger charge is 2.07. The summed E-state index contributed by atoms with van der Waals surface area (Å²) in [6.45, 7) is 6.30. The van der Waals surface area contributed by atoms with Gasteiger partial charge < -0.3 is 10.5 Å². The predicted octanol–water partition coefficient (Wildman–Crippen LogP) is 3.71. The van der Waals surface area contributed by atoms with Crippen LogP contribution in [-0.2, 0) is 0 Å². The first-order valence-electron chi connectivity index (χ1n) is 6.52. The molecule has 1 unspecified atom stereocenters. The average molecular weight is 236 g/mol. The van der Waals surface area contributed by atoms with Gasteiger partial charge in [0.05, 0.1) is 18.0 Å². The van der Waals surface area contributed by atoms with Gasteiger partial charge in [0, 0.05) is 5.56 Å². The monoisotopic (exact) mass is 236 g/mol. The molecule has 2 N–H and O–H groups in total. The van der Waals surface area contributed by atoms with E-state index in [-0.39, 0.29) is 6.10 Å². The molecule has 96 valence electrons. The maximum absolute atomic E-state index is 5.81. The van der Waals surface area contributed by atoms with Gasteiger partial charge in [0.1, 0.15) is 0 Å². The van der Waals surface area contributed by atoms with Crippen molar-refractivity contribution in [1.29, 1.82) is 0 Å². The summed E-state index contributed by atoms with van der Waals surface area (Å²) in [5.74, 6) is 0.710. The minimum atomic E-state index is 0.224. The second-order valence-electron chi connectivity index (χ2n) is 4.67. The van der Waals surface area contributed by atoms with E-state index in [0.29, 0.717) is 11.6 Å². The molecule has 0 saturated heterocycles. The molecule has 0 aliphatic carbocycles. The molecule has 17 heavy (non-hydrogen) atoms. The molecule has 0 radical (unpaired) electrons. The van der Waals surface area contributed by atoms with E-state index in [9.17, 15) is 0 Å². The van der Waals surface area contributed by atoms with Gasteiger partial charge in [-0.15, -0.1) is 0 Å². The summed E-state index contributed by atoms with van der Waals surface area (Å²) in [4.78, 5) is 4.21. The highest BCUT2D eigenvalue weighted by Crippen LogP contribution is 2.19. The van der Waals surface area contributed by atoms with Gasteiger partial charge in [-0.3, -0.25) is 0 Å². The Morgan fingerprint density at radius 1 is 1.35 bits per heavy atom. The van der Waals surface area contributed by atoms with Crippen molar-refractivity contribution in [2.75, 3.05) is 5.73 Å². The van der Waals surface area contributed by atoms with E-state index in [0.717, 1.165) is 12.0 Å². The Morgan fingerprint density at radius 2 is 2.12 bits per heavy atom. The molecule has 0 spiro atoms. The molecule has 0 aliphatic heterocycles. The van der Waals surface area contributed by atoms with Crippen molar-refractivity contribution in [3.63, 3.8) is 0 Å². The van der Waals surface area contributed by atoms with E-state index in [2.05, 4.69) is 18.8 Å². The van der Waals surface area contributed by atoms with Crippen LogP contribution in [0.15, 0.2) is 12.3 Å². The molecule has 3 nitrogen and oxygen atoms in total. The number of aryl methyl sites for hydroxylation is 1. The van der Waals surface area contributed by atoms with Gasteiger partial charge >= 0.3 is 0 Å². The van der Waals surface area contributed by atoms with E-state index in [1.54, 1.807) is 6.20 Å². The molecule has 0 aromatic carbocycles. The van der Waals surface area contributed by atoms with Crippen molar-refractivity contribution in [2.24, 2.45) is 0 Å². The van der Waals surface area contributed by atoms with E-state index in [4.69, 9.17) is 10.5 Å². The van der Waals surface area contributed by atoms with Crippen molar-refractivity contribution in [2.45, 2.75) is 59.0 Å². The zero-order chi connectivity index (χ0) is 12.7. The van der Waals surface area contributed by atoms with Crippen molar-refractivity contribution in [3.05, 3.63) is 17.8 Å². The predicted molar refractivity (Wildman–Crippen MR) is 72.2 cm³/mol. The highest BCUT2D eigenvalue weighted by atomic mass is 16.5. The smallest absolute Gasteiger partial charge is 0.216 e. The zero-order valence-electron chi connectivity index (χ0n) is 11.2. The summed E-state index contributed by atoms with van der Waals surface area (Å²) in [5, 5.41) is 0. The molecular weight excluding hydrogens is 212 g/mol. The minimum Gasteiger partial charge on any atom is -0.474 e. The second-order valence-corrected chi connectivity index (χ2v) is 4.67. The standard InChI is InChI=1S/C14H24N2O/c1-4-5-6-7-8-12(3)17-14-11(2)9-13(15)10-16-14/h9-10,12H,4-8,15H2,1-3H3. The van der Waals surface area contributed by atoms with Crippen molar-refractivity contribution in [3.8, 4) is 5.88 Å². The van der Waals surface area contributed by atoms with E-state index in [1.807, 2.05) is 13.0 Å². The fourth-order valence-corrected chi connectivity index (χ4v) is 1.82. The highest BCUT2D eigenvalue weighted by molar-refractivity contribution is 5.41. The van der Waals surface area contributed by atoms with Crippen LogP contribution in [0.3, 0.4) is 0 Å². The van der Waals surface area contributed by atoms with Crippen molar-refractivity contribution >= 4 is 5.69 Å². The largest absolute Gasteiger partial charge is 0.474 e. The molecule has 1 rings (SSSR count). The number of nitrogens with two attached hydrogens (primary N) is 1. The Hall–Kier alpha value is -1.25. The number of hydrogen-bond donors (Lipinski definition) is 1. The second kappa shape index (κ2) is 7.15. The van der Waals surface area contributed by atoms with Gasteiger partial charge in [-0.2, -0.15) is 0 Å². The number of unbranched alkanes of at least 4 members (excludes halogenated alkanes) is 3. The summed E-state index contributed by atoms with van der Waals surface area (Å²) in [5.41, 5.74) is 7.34.